The Kier molecular flexibility index (Phi) is 6.95. The van der Waals surface area contributed by atoms with Crippen LogP contribution in [0.15, 0.2) is 59.1 Å². The van der Waals surface area contributed by atoms with Gasteiger partial charge in [0.2, 0.25) is 11.8 Å². The van der Waals surface area contributed by atoms with Crippen molar-refractivity contribution in [1.82, 2.24) is 4.98 Å². The number of oxazole rings is 1. The second-order valence-corrected chi connectivity index (χ2v) is 7.40. The minimum Gasteiger partial charge on any atom is -0.441 e. The normalized spacial score (nSPS) is 10.8. The van der Waals surface area contributed by atoms with Crippen molar-refractivity contribution in [2.24, 2.45) is 5.92 Å². The molecule has 1 aromatic heterocycles. The maximum atomic E-state index is 13.0. The highest BCUT2D eigenvalue weighted by atomic mass is 19.1. The van der Waals surface area contributed by atoms with Crippen molar-refractivity contribution in [2.75, 3.05) is 10.6 Å². The van der Waals surface area contributed by atoms with Crippen LogP contribution in [0.2, 0.25) is 0 Å². The minimum atomic E-state index is -0.318. The predicted octanol–water partition coefficient (Wildman–Crippen LogP) is 5.04. The summed E-state index contributed by atoms with van der Waals surface area (Å²) in [5.41, 5.74) is 2.05. The van der Waals surface area contributed by atoms with Gasteiger partial charge in [-0.3, -0.25) is 9.59 Å². The maximum Gasteiger partial charge on any atom is 0.224 e. The molecule has 0 bridgehead atoms. The van der Waals surface area contributed by atoms with E-state index < -0.39 is 0 Å². The van der Waals surface area contributed by atoms with Crippen LogP contribution in [0, 0.1) is 11.7 Å². The molecule has 1 heterocycles. The van der Waals surface area contributed by atoms with Gasteiger partial charge in [0.25, 0.3) is 0 Å². The first-order valence-electron chi connectivity index (χ1n) is 9.79. The molecule has 2 amide bonds. The molecule has 0 radical (unpaired) electrons. The van der Waals surface area contributed by atoms with Gasteiger partial charge in [-0.25, -0.2) is 9.37 Å². The first kappa shape index (κ1) is 21.2. The molecule has 0 aliphatic heterocycles. The van der Waals surface area contributed by atoms with Crippen LogP contribution >= 0.6 is 0 Å². The summed E-state index contributed by atoms with van der Waals surface area (Å²) in [6.07, 6.45) is 2.57. The number of hydrogen-bond acceptors (Lipinski definition) is 4. The van der Waals surface area contributed by atoms with Crippen LogP contribution in [0.1, 0.15) is 32.6 Å². The van der Waals surface area contributed by atoms with Gasteiger partial charge < -0.3 is 15.1 Å². The Morgan fingerprint density at radius 3 is 2.17 bits per heavy atom. The number of halogens is 1. The Morgan fingerprint density at radius 2 is 1.57 bits per heavy atom. The number of amides is 2. The van der Waals surface area contributed by atoms with Crippen molar-refractivity contribution in [1.29, 1.82) is 0 Å². The monoisotopic (exact) mass is 409 g/mol. The Hall–Kier alpha value is -3.48. The van der Waals surface area contributed by atoms with Crippen molar-refractivity contribution < 1.29 is 18.4 Å². The summed E-state index contributed by atoms with van der Waals surface area (Å²) >= 11 is 0. The molecule has 2 aromatic carbocycles. The van der Waals surface area contributed by atoms with Gasteiger partial charge in [0.05, 0.1) is 6.20 Å². The van der Waals surface area contributed by atoms with Crippen molar-refractivity contribution in [3.63, 3.8) is 0 Å². The van der Waals surface area contributed by atoms with Gasteiger partial charge in [-0.15, -0.1) is 0 Å². The number of aryl methyl sites for hydroxylation is 1. The summed E-state index contributed by atoms with van der Waals surface area (Å²) < 4.78 is 18.6. The van der Waals surface area contributed by atoms with E-state index in [0.717, 1.165) is 5.56 Å². The summed E-state index contributed by atoms with van der Waals surface area (Å²) in [6, 6.07) is 12.9. The van der Waals surface area contributed by atoms with E-state index in [9.17, 15) is 14.0 Å². The standard InChI is InChI=1S/C23H24FN3O3/c1-15(2)13-22(29)27-19-9-7-18(8-10-19)26-21(28)11-12-23-25-14-20(30-23)16-3-5-17(24)6-4-16/h3-10,14-15H,11-13H2,1-2H3,(H,26,28)(H,27,29). The lowest BCUT2D eigenvalue weighted by molar-refractivity contribution is -0.117. The molecular formula is C23H24FN3O3. The van der Waals surface area contributed by atoms with Gasteiger partial charge in [0, 0.05) is 36.2 Å². The first-order chi connectivity index (χ1) is 14.4. The van der Waals surface area contributed by atoms with Gasteiger partial charge in [-0.05, 0) is 54.4 Å². The number of anilines is 2. The summed E-state index contributed by atoms with van der Waals surface area (Å²) in [7, 11) is 0. The Morgan fingerprint density at radius 1 is 0.967 bits per heavy atom. The molecule has 3 rings (SSSR count). The van der Waals surface area contributed by atoms with Crippen LogP contribution in [-0.4, -0.2) is 16.8 Å². The minimum absolute atomic E-state index is 0.0345. The molecule has 6 nitrogen and oxygen atoms in total. The first-order valence-corrected chi connectivity index (χ1v) is 9.79. The van der Waals surface area contributed by atoms with Crippen LogP contribution in [0.4, 0.5) is 15.8 Å². The number of carbonyl (C=O) groups is 2. The second kappa shape index (κ2) is 9.82. The van der Waals surface area contributed by atoms with Crippen LogP contribution in [0.3, 0.4) is 0 Å². The lowest BCUT2D eigenvalue weighted by Gasteiger charge is -2.09. The average molecular weight is 409 g/mol. The fourth-order valence-corrected chi connectivity index (χ4v) is 2.84. The van der Waals surface area contributed by atoms with E-state index in [2.05, 4.69) is 15.6 Å². The number of nitrogens with zero attached hydrogens (tertiary/aromatic N) is 1. The quantitative estimate of drug-likeness (QED) is 0.546. The number of benzene rings is 2. The molecule has 0 saturated carbocycles. The lowest BCUT2D eigenvalue weighted by Crippen LogP contribution is -2.14. The van der Waals surface area contributed by atoms with E-state index in [4.69, 9.17) is 4.42 Å². The van der Waals surface area contributed by atoms with E-state index in [1.807, 2.05) is 13.8 Å². The number of nitrogens with one attached hydrogen (secondary N) is 2. The Bertz CT molecular complexity index is 995. The van der Waals surface area contributed by atoms with Crippen LogP contribution < -0.4 is 10.6 Å². The third-order valence-corrected chi connectivity index (χ3v) is 4.29. The van der Waals surface area contributed by atoms with E-state index in [1.54, 1.807) is 42.6 Å². The topological polar surface area (TPSA) is 84.2 Å². The molecule has 2 N–H and O–H groups in total. The zero-order valence-corrected chi connectivity index (χ0v) is 16.9. The largest absolute Gasteiger partial charge is 0.441 e. The molecule has 0 aliphatic carbocycles. The second-order valence-electron chi connectivity index (χ2n) is 7.40. The highest BCUT2D eigenvalue weighted by Gasteiger charge is 2.10. The summed E-state index contributed by atoms with van der Waals surface area (Å²) in [4.78, 5) is 28.2. The average Bonchev–Trinajstić information content (AvgIpc) is 3.17. The van der Waals surface area contributed by atoms with Crippen LogP contribution in [-0.2, 0) is 16.0 Å². The van der Waals surface area contributed by atoms with Crippen molar-refractivity contribution in [3.8, 4) is 11.3 Å². The van der Waals surface area contributed by atoms with Gasteiger partial charge in [-0.1, -0.05) is 13.8 Å². The summed E-state index contributed by atoms with van der Waals surface area (Å²) in [5.74, 6) is 0.731. The molecule has 0 aliphatic rings. The number of rotatable bonds is 8. The van der Waals surface area contributed by atoms with Crippen molar-refractivity contribution in [3.05, 3.63) is 66.4 Å². The molecule has 7 heteroatoms. The van der Waals surface area contributed by atoms with Gasteiger partial charge >= 0.3 is 0 Å². The predicted molar refractivity (Wildman–Crippen MR) is 113 cm³/mol. The highest BCUT2D eigenvalue weighted by Crippen LogP contribution is 2.21. The molecule has 30 heavy (non-hydrogen) atoms. The fraction of sp³-hybridized carbons (Fsp3) is 0.261. The van der Waals surface area contributed by atoms with Crippen LogP contribution in [0.5, 0.6) is 0 Å². The lowest BCUT2D eigenvalue weighted by atomic mass is 10.1. The van der Waals surface area contributed by atoms with E-state index >= 15 is 0 Å². The third kappa shape index (κ3) is 6.27. The number of carbonyl (C=O) groups excluding carboxylic acids is 2. The van der Waals surface area contributed by atoms with Gasteiger partial charge in [0.1, 0.15) is 5.82 Å². The molecule has 0 spiro atoms. The molecule has 0 atom stereocenters. The Balaban J connectivity index is 1.48. The summed E-state index contributed by atoms with van der Waals surface area (Å²) in [6.45, 7) is 3.97. The molecule has 156 valence electrons. The van der Waals surface area contributed by atoms with Gasteiger partial charge in [0.15, 0.2) is 11.7 Å². The highest BCUT2D eigenvalue weighted by molar-refractivity contribution is 5.93. The smallest absolute Gasteiger partial charge is 0.224 e. The molecule has 0 fully saturated rings. The SMILES string of the molecule is CC(C)CC(=O)Nc1ccc(NC(=O)CCc2ncc(-c3ccc(F)cc3)o2)cc1. The molecular weight excluding hydrogens is 385 g/mol. The molecule has 3 aromatic rings. The van der Waals surface area contributed by atoms with E-state index in [-0.39, 0.29) is 24.1 Å². The number of hydrogen-bond donors (Lipinski definition) is 2. The fourth-order valence-electron chi connectivity index (χ4n) is 2.84. The zero-order valence-electron chi connectivity index (χ0n) is 16.9. The van der Waals surface area contributed by atoms with Crippen molar-refractivity contribution >= 4 is 23.2 Å². The Labute approximate surface area is 174 Å². The van der Waals surface area contributed by atoms with Crippen molar-refractivity contribution in [2.45, 2.75) is 33.1 Å². The van der Waals surface area contributed by atoms with Crippen LogP contribution in [0.25, 0.3) is 11.3 Å². The van der Waals surface area contributed by atoms with E-state index in [1.165, 1.54) is 12.1 Å². The summed E-state index contributed by atoms with van der Waals surface area (Å²) in [5, 5.41) is 5.63. The third-order valence-electron chi connectivity index (χ3n) is 4.29. The zero-order chi connectivity index (χ0) is 21.5. The van der Waals surface area contributed by atoms with E-state index in [0.29, 0.717) is 41.8 Å². The molecule has 0 saturated heterocycles. The molecule has 0 unspecified atom stereocenters. The van der Waals surface area contributed by atoms with Gasteiger partial charge in [-0.2, -0.15) is 0 Å². The number of aromatic nitrogens is 1. The maximum absolute atomic E-state index is 13.0.